The van der Waals surface area contributed by atoms with Crippen LogP contribution in [0.25, 0.3) is 0 Å². The van der Waals surface area contributed by atoms with Gasteiger partial charge < -0.3 is 10.2 Å². The first-order valence-electron chi connectivity index (χ1n) is 8.30. The number of nitrogens with one attached hydrogen (secondary N) is 1. The Morgan fingerprint density at radius 1 is 1.32 bits per heavy atom. The van der Waals surface area contributed by atoms with Gasteiger partial charge in [0.25, 0.3) is 0 Å². The molecule has 1 aliphatic heterocycles. The Kier molecular flexibility index (Phi) is 5.18. The van der Waals surface area contributed by atoms with Crippen molar-refractivity contribution in [2.24, 2.45) is 0 Å². The standard InChI is InChI=1S/C18H20ClFN4O/c1-3-15-22-16(19)11(2)17(23-15)21-14-8-9-24(18(14)25)10-12-4-6-13(20)7-5-12/h4-7,14H,3,8-10H2,1-2H3,(H,21,22,23). The smallest absolute Gasteiger partial charge is 0.245 e. The quantitative estimate of drug-likeness (QED) is 0.829. The largest absolute Gasteiger partial charge is 0.358 e. The lowest BCUT2D eigenvalue weighted by atomic mass is 10.2. The third-order valence-electron chi connectivity index (χ3n) is 4.34. The Bertz CT molecular complexity index is 781. The van der Waals surface area contributed by atoms with Crippen LogP contribution >= 0.6 is 11.6 Å². The number of anilines is 1. The fourth-order valence-corrected chi connectivity index (χ4v) is 3.02. The zero-order valence-electron chi connectivity index (χ0n) is 14.2. The molecule has 1 aromatic heterocycles. The van der Waals surface area contributed by atoms with Crippen molar-refractivity contribution in [2.75, 3.05) is 11.9 Å². The molecule has 1 saturated heterocycles. The lowest BCUT2D eigenvalue weighted by Crippen LogP contribution is -2.33. The van der Waals surface area contributed by atoms with Gasteiger partial charge in [-0.3, -0.25) is 4.79 Å². The highest BCUT2D eigenvalue weighted by molar-refractivity contribution is 6.30. The number of amides is 1. The normalized spacial score (nSPS) is 17.2. The second-order valence-corrected chi connectivity index (χ2v) is 6.49. The topological polar surface area (TPSA) is 58.1 Å². The number of aromatic nitrogens is 2. The molecule has 7 heteroatoms. The average molecular weight is 363 g/mol. The number of benzene rings is 1. The highest BCUT2D eigenvalue weighted by Crippen LogP contribution is 2.24. The lowest BCUT2D eigenvalue weighted by molar-refractivity contribution is -0.128. The maximum absolute atomic E-state index is 13.0. The second kappa shape index (κ2) is 7.35. The van der Waals surface area contributed by atoms with Crippen molar-refractivity contribution < 1.29 is 9.18 Å². The molecular formula is C18H20ClFN4O. The van der Waals surface area contributed by atoms with Crippen molar-refractivity contribution in [3.05, 3.63) is 52.2 Å². The molecule has 132 valence electrons. The van der Waals surface area contributed by atoms with Crippen molar-refractivity contribution >= 4 is 23.3 Å². The minimum atomic E-state index is -0.338. The van der Waals surface area contributed by atoms with Crippen molar-refractivity contribution in [1.29, 1.82) is 0 Å². The van der Waals surface area contributed by atoms with Crippen molar-refractivity contribution in [3.8, 4) is 0 Å². The van der Waals surface area contributed by atoms with E-state index >= 15 is 0 Å². The molecule has 0 spiro atoms. The SMILES string of the molecule is CCc1nc(Cl)c(C)c(NC2CCN(Cc3ccc(F)cc3)C2=O)n1. The van der Waals surface area contributed by atoms with Crippen LogP contribution in [0.4, 0.5) is 10.2 Å². The molecule has 3 rings (SSSR count). The summed E-state index contributed by atoms with van der Waals surface area (Å²) in [5.41, 5.74) is 1.65. The van der Waals surface area contributed by atoms with Crippen LogP contribution < -0.4 is 5.32 Å². The number of aryl methyl sites for hydroxylation is 1. The molecule has 5 nitrogen and oxygen atoms in total. The number of rotatable bonds is 5. The summed E-state index contributed by atoms with van der Waals surface area (Å²) >= 11 is 6.15. The molecule has 0 radical (unpaired) electrons. The molecule has 0 bridgehead atoms. The van der Waals surface area contributed by atoms with E-state index in [1.165, 1.54) is 12.1 Å². The van der Waals surface area contributed by atoms with Gasteiger partial charge in [0.15, 0.2) is 0 Å². The van der Waals surface area contributed by atoms with E-state index in [2.05, 4.69) is 15.3 Å². The van der Waals surface area contributed by atoms with Gasteiger partial charge in [-0.1, -0.05) is 30.7 Å². The van der Waals surface area contributed by atoms with Gasteiger partial charge in [-0.05, 0) is 31.0 Å². The van der Waals surface area contributed by atoms with Gasteiger partial charge >= 0.3 is 0 Å². The van der Waals surface area contributed by atoms with Crippen molar-refractivity contribution in [1.82, 2.24) is 14.9 Å². The van der Waals surface area contributed by atoms with Gasteiger partial charge in [0.1, 0.15) is 28.7 Å². The predicted molar refractivity (Wildman–Crippen MR) is 95.0 cm³/mol. The minimum absolute atomic E-state index is 0.0107. The van der Waals surface area contributed by atoms with Gasteiger partial charge in [-0.2, -0.15) is 0 Å². The highest BCUT2D eigenvalue weighted by atomic mass is 35.5. The monoisotopic (exact) mass is 362 g/mol. The van der Waals surface area contributed by atoms with E-state index in [9.17, 15) is 9.18 Å². The number of halogens is 2. The summed E-state index contributed by atoms with van der Waals surface area (Å²) in [6, 6.07) is 5.87. The first-order chi connectivity index (χ1) is 12.0. The van der Waals surface area contributed by atoms with Gasteiger partial charge in [0.05, 0.1) is 0 Å². The molecule has 1 fully saturated rings. The molecule has 0 aliphatic carbocycles. The highest BCUT2D eigenvalue weighted by Gasteiger charge is 2.32. The van der Waals surface area contributed by atoms with Crippen LogP contribution in [0.3, 0.4) is 0 Å². The Morgan fingerprint density at radius 3 is 2.72 bits per heavy atom. The Labute approximate surface area is 151 Å². The van der Waals surface area contributed by atoms with Gasteiger partial charge in [0, 0.05) is 25.1 Å². The molecule has 25 heavy (non-hydrogen) atoms. The fourth-order valence-electron chi connectivity index (χ4n) is 2.84. The number of likely N-dealkylation sites (tertiary alicyclic amines) is 1. The first-order valence-corrected chi connectivity index (χ1v) is 8.68. The maximum atomic E-state index is 13.0. The Morgan fingerprint density at radius 2 is 2.04 bits per heavy atom. The fraction of sp³-hybridized carbons (Fsp3) is 0.389. The van der Waals surface area contributed by atoms with E-state index in [-0.39, 0.29) is 17.8 Å². The van der Waals surface area contributed by atoms with Crippen LogP contribution in [0.15, 0.2) is 24.3 Å². The number of hydrogen-bond donors (Lipinski definition) is 1. The summed E-state index contributed by atoms with van der Waals surface area (Å²) in [7, 11) is 0. The minimum Gasteiger partial charge on any atom is -0.358 e. The average Bonchev–Trinajstić information content (AvgIpc) is 2.94. The van der Waals surface area contributed by atoms with Crippen molar-refractivity contribution in [2.45, 2.75) is 39.3 Å². The predicted octanol–water partition coefficient (Wildman–Crippen LogP) is 3.35. The van der Waals surface area contributed by atoms with E-state index in [1.54, 1.807) is 17.0 Å². The first kappa shape index (κ1) is 17.6. The molecule has 1 aromatic carbocycles. The summed E-state index contributed by atoms with van der Waals surface area (Å²) < 4.78 is 13.0. The van der Waals surface area contributed by atoms with E-state index in [4.69, 9.17) is 11.6 Å². The second-order valence-electron chi connectivity index (χ2n) is 6.13. The van der Waals surface area contributed by atoms with Crippen molar-refractivity contribution in [3.63, 3.8) is 0 Å². The van der Waals surface area contributed by atoms with Gasteiger partial charge in [-0.15, -0.1) is 0 Å². The summed E-state index contributed by atoms with van der Waals surface area (Å²) in [5, 5.41) is 3.62. The van der Waals surface area contributed by atoms with E-state index in [0.717, 1.165) is 11.1 Å². The molecule has 2 aromatic rings. The number of carbonyl (C=O) groups excluding carboxylic acids is 1. The molecule has 1 N–H and O–H groups in total. The zero-order valence-corrected chi connectivity index (χ0v) is 15.0. The summed E-state index contributed by atoms with van der Waals surface area (Å²) in [5.74, 6) is 0.987. The van der Waals surface area contributed by atoms with Crippen LogP contribution in [-0.4, -0.2) is 33.4 Å². The summed E-state index contributed by atoms with van der Waals surface area (Å²) in [4.78, 5) is 23.1. The Hall–Kier alpha value is -2.21. The molecular weight excluding hydrogens is 343 g/mol. The van der Waals surface area contributed by atoms with Crippen LogP contribution in [-0.2, 0) is 17.8 Å². The molecule has 2 heterocycles. The summed E-state index contributed by atoms with van der Waals surface area (Å²) in [6.45, 7) is 4.91. The van der Waals surface area contributed by atoms with Crippen LogP contribution in [0, 0.1) is 12.7 Å². The van der Waals surface area contributed by atoms with Crippen LogP contribution in [0.5, 0.6) is 0 Å². The molecule has 1 atom stereocenters. The lowest BCUT2D eigenvalue weighted by Gasteiger charge is -2.18. The third-order valence-corrected chi connectivity index (χ3v) is 4.71. The maximum Gasteiger partial charge on any atom is 0.245 e. The van der Waals surface area contributed by atoms with E-state index in [0.29, 0.717) is 42.7 Å². The molecule has 1 amide bonds. The molecule has 0 saturated carbocycles. The van der Waals surface area contributed by atoms with Crippen LogP contribution in [0.1, 0.15) is 30.3 Å². The molecule has 1 unspecified atom stereocenters. The van der Waals surface area contributed by atoms with Gasteiger partial charge in [-0.25, -0.2) is 14.4 Å². The van der Waals surface area contributed by atoms with Gasteiger partial charge in [0.2, 0.25) is 5.91 Å². The Balaban J connectivity index is 1.70. The van der Waals surface area contributed by atoms with E-state index in [1.807, 2.05) is 13.8 Å². The van der Waals surface area contributed by atoms with Crippen LogP contribution in [0.2, 0.25) is 5.15 Å². The number of nitrogens with zero attached hydrogens (tertiary/aromatic N) is 3. The van der Waals surface area contributed by atoms with E-state index < -0.39 is 0 Å². The number of hydrogen-bond acceptors (Lipinski definition) is 4. The zero-order chi connectivity index (χ0) is 18.0. The third kappa shape index (κ3) is 3.90. The molecule has 1 aliphatic rings. The number of carbonyl (C=O) groups is 1. The summed E-state index contributed by atoms with van der Waals surface area (Å²) in [6.07, 6.45) is 1.35.